The van der Waals surface area contributed by atoms with E-state index in [4.69, 9.17) is 4.52 Å². The Kier molecular flexibility index (Phi) is 5.00. The monoisotopic (exact) mass is 425 g/mol. The number of aryl methyl sites for hydroxylation is 2. The van der Waals surface area contributed by atoms with Crippen molar-refractivity contribution in [2.45, 2.75) is 20.8 Å². The second-order valence-electron chi connectivity index (χ2n) is 6.63. The number of amides is 2. The van der Waals surface area contributed by atoms with Crippen molar-refractivity contribution in [2.75, 3.05) is 10.6 Å². The largest absolute Gasteiger partial charge is 0.336 e. The molecule has 0 aliphatic rings. The molecule has 2 N–H and O–H groups in total. The lowest BCUT2D eigenvalue weighted by Crippen LogP contribution is -2.13. The summed E-state index contributed by atoms with van der Waals surface area (Å²) in [6.45, 7) is 4.83. The van der Waals surface area contributed by atoms with Crippen molar-refractivity contribution in [3.8, 4) is 11.3 Å². The average Bonchev–Trinajstić information content (AvgIpc) is 3.27. The molecule has 0 aliphatic carbocycles. The molecule has 30 heavy (non-hydrogen) atoms. The Morgan fingerprint density at radius 1 is 1.13 bits per heavy atom. The topological polar surface area (TPSA) is 110 Å². The van der Waals surface area contributed by atoms with E-state index >= 15 is 0 Å². The van der Waals surface area contributed by atoms with Crippen LogP contribution in [0.15, 0.2) is 34.2 Å². The number of carbonyl (C=O) groups excluding carboxylic acids is 2. The molecule has 152 valence electrons. The van der Waals surface area contributed by atoms with Gasteiger partial charge >= 0.3 is 0 Å². The van der Waals surface area contributed by atoms with Gasteiger partial charge in [0.2, 0.25) is 5.91 Å². The molecule has 0 aliphatic heterocycles. The molecular formula is C20H16FN5O3S. The predicted octanol–water partition coefficient (Wildman–Crippen LogP) is 4.31. The van der Waals surface area contributed by atoms with Crippen molar-refractivity contribution < 1.29 is 18.5 Å². The second-order valence-corrected chi connectivity index (χ2v) is 7.49. The van der Waals surface area contributed by atoms with Crippen LogP contribution in [0.4, 0.5) is 15.2 Å². The van der Waals surface area contributed by atoms with Crippen LogP contribution in [0.3, 0.4) is 0 Å². The maximum absolute atomic E-state index is 14.5. The molecule has 3 heterocycles. The van der Waals surface area contributed by atoms with Crippen molar-refractivity contribution in [3.63, 3.8) is 0 Å². The van der Waals surface area contributed by atoms with Crippen LogP contribution in [0.25, 0.3) is 22.4 Å². The number of halogens is 1. The molecule has 0 bridgehead atoms. The first-order valence-corrected chi connectivity index (χ1v) is 9.78. The fraction of sp³-hybridized carbons (Fsp3) is 0.150. The third-order valence-corrected chi connectivity index (χ3v) is 5.04. The predicted molar refractivity (Wildman–Crippen MR) is 111 cm³/mol. The summed E-state index contributed by atoms with van der Waals surface area (Å²) in [6.07, 6.45) is 0. The van der Waals surface area contributed by atoms with E-state index in [9.17, 15) is 14.0 Å². The fourth-order valence-corrected chi connectivity index (χ4v) is 3.73. The van der Waals surface area contributed by atoms with E-state index in [0.29, 0.717) is 44.6 Å². The first-order valence-electron chi connectivity index (χ1n) is 8.90. The normalized spacial score (nSPS) is 10.9. The van der Waals surface area contributed by atoms with E-state index in [-0.39, 0.29) is 17.4 Å². The number of benzene rings is 1. The van der Waals surface area contributed by atoms with Gasteiger partial charge in [0.25, 0.3) is 11.6 Å². The maximum Gasteiger partial charge on any atom is 0.258 e. The number of anilines is 2. The van der Waals surface area contributed by atoms with E-state index in [1.165, 1.54) is 30.4 Å². The van der Waals surface area contributed by atoms with Crippen LogP contribution in [-0.2, 0) is 4.79 Å². The van der Waals surface area contributed by atoms with Crippen molar-refractivity contribution in [1.29, 1.82) is 0 Å². The molecule has 2 amide bonds. The van der Waals surface area contributed by atoms with Crippen LogP contribution in [0.1, 0.15) is 28.7 Å². The Morgan fingerprint density at radius 3 is 2.67 bits per heavy atom. The van der Waals surface area contributed by atoms with Gasteiger partial charge in [0.05, 0.1) is 22.3 Å². The van der Waals surface area contributed by atoms with Gasteiger partial charge in [-0.05, 0) is 38.1 Å². The number of rotatable bonds is 4. The zero-order valence-corrected chi connectivity index (χ0v) is 17.1. The molecule has 0 atom stereocenters. The molecule has 4 aromatic rings. The minimum absolute atomic E-state index is 0.262. The molecule has 4 rings (SSSR count). The first kappa shape index (κ1) is 19.6. The minimum atomic E-state index is -0.531. The van der Waals surface area contributed by atoms with Gasteiger partial charge < -0.3 is 9.84 Å². The third-order valence-electron chi connectivity index (χ3n) is 4.28. The smallest absolute Gasteiger partial charge is 0.258 e. The van der Waals surface area contributed by atoms with Crippen molar-refractivity contribution in [1.82, 2.24) is 15.1 Å². The van der Waals surface area contributed by atoms with Crippen LogP contribution in [0.5, 0.6) is 0 Å². The summed E-state index contributed by atoms with van der Waals surface area (Å²) in [5, 5.41) is 11.6. The Labute approximate surface area is 174 Å². The number of fused-ring (bicyclic) bond motifs is 1. The van der Waals surface area contributed by atoms with Gasteiger partial charge in [-0.1, -0.05) is 5.16 Å². The highest BCUT2D eigenvalue weighted by molar-refractivity contribution is 7.14. The Morgan fingerprint density at radius 2 is 1.93 bits per heavy atom. The molecule has 0 unspecified atom stereocenters. The Bertz CT molecular complexity index is 1300. The number of nitrogens with zero attached hydrogens (tertiary/aromatic N) is 3. The lowest BCUT2D eigenvalue weighted by atomic mass is 10.1. The second kappa shape index (κ2) is 7.64. The van der Waals surface area contributed by atoms with Gasteiger partial charge in [0, 0.05) is 29.2 Å². The number of pyridine rings is 1. The van der Waals surface area contributed by atoms with Crippen molar-refractivity contribution in [2.24, 2.45) is 0 Å². The van der Waals surface area contributed by atoms with E-state index in [1.54, 1.807) is 31.4 Å². The maximum atomic E-state index is 14.5. The lowest BCUT2D eigenvalue weighted by molar-refractivity contribution is -0.114. The SMILES string of the molecule is CC(=O)Nc1ccc(-c2csc(NC(=O)c3cc(C)nc4onc(C)c34)n2)c(F)c1. The quantitative estimate of drug-likeness (QED) is 0.504. The number of nitrogens with one attached hydrogen (secondary N) is 2. The summed E-state index contributed by atoms with van der Waals surface area (Å²) >= 11 is 1.17. The molecule has 8 nitrogen and oxygen atoms in total. The molecule has 0 spiro atoms. The van der Waals surface area contributed by atoms with Gasteiger partial charge in [-0.25, -0.2) is 14.4 Å². The molecular weight excluding hydrogens is 409 g/mol. The summed E-state index contributed by atoms with van der Waals surface area (Å²) < 4.78 is 19.6. The minimum Gasteiger partial charge on any atom is -0.336 e. The van der Waals surface area contributed by atoms with Crippen LogP contribution in [-0.4, -0.2) is 26.9 Å². The highest BCUT2D eigenvalue weighted by atomic mass is 32.1. The molecule has 3 aromatic heterocycles. The first-order chi connectivity index (χ1) is 14.3. The standard InChI is InChI=1S/C20H16FN5O3S/c1-9-6-14(17-10(2)26-29-19(17)22-9)18(28)25-20-24-16(8-30-20)13-5-4-12(7-15(13)21)23-11(3)27/h4-8H,1-3H3,(H,23,27)(H,24,25,28). The summed E-state index contributed by atoms with van der Waals surface area (Å²) in [5.41, 5.74) is 2.83. The van der Waals surface area contributed by atoms with E-state index in [0.717, 1.165) is 0 Å². The van der Waals surface area contributed by atoms with E-state index < -0.39 is 5.82 Å². The zero-order valence-electron chi connectivity index (χ0n) is 16.2. The van der Waals surface area contributed by atoms with Crippen LogP contribution in [0, 0.1) is 19.7 Å². The summed E-state index contributed by atoms with van der Waals surface area (Å²) in [7, 11) is 0. The third kappa shape index (κ3) is 3.77. The van der Waals surface area contributed by atoms with Crippen LogP contribution < -0.4 is 10.6 Å². The van der Waals surface area contributed by atoms with Gasteiger partial charge in [-0.2, -0.15) is 0 Å². The molecule has 0 radical (unpaired) electrons. The number of hydrogen-bond donors (Lipinski definition) is 2. The molecule has 0 saturated carbocycles. The zero-order chi connectivity index (χ0) is 21.4. The summed E-state index contributed by atoms with van der Waals surface area (Å²) in [5.74, 6) is -1.21. The van der Waals surface area contributed by atoms with Gasteiger partial charge in [-0.15, -0.1) is 11.3 Å². The lowest BCUT2D eigenvalue weighted by Gasteiger charge is -2.05. The summed E-state index contributed by atoms with van der Waals surface area (Å²) in [6, 6.07) is 5.98. The number of thiazole rings is 1. The van der Waals surface area contributed by atoms with Gasteiger partial charge in [0.1, 0.15) is 5.82 Å². The number of aromatic nitrogens is 3. The Balaban J connectivity index is 1.59. The Hall–Kier alpha value is -3.66. The van der Waals surface area contributed by atoms with Gasteiger partial charge in [0.15, 0.2) is 5.13 Å². The summed E-state index contributed by atoms with van der Waals surface area (Å²) in [4.78, 5) is 32.5. The van der Waals surface area contributed by atoms with Crippen molar-refractivity contribution in [3.05, 3.63) is 52.4 Å². The molecule has 10 heteroatoms. The molecule has 0 saturated heterocycles. The fourth-order valence-electron chi connectivity index (χ4n) is 3.02. The average molecular weight is 425 g/mol. The molecule has 0 fully saturated rings. The molecule has 1 aromatic carbocycles. The van der Waals surface area contributed by atoms with Crippen LogP contribution in [0.2, 0.25) is 0 Å². The van der Waals surface area contributed by atoms with E-state index in [2.05, 4.69) is 25.8 Å². The highest BCUT2D eigenvalue weighted by Crippen LogP contribution is 2.29. The number of hydrogen-bond acceptors (Lipinski definition) is 7. The number of carbonyl (C=O) groups is 2. The van der Waals surface area contributed by atoms with Gasteiger partial charge in [-0.3, -0.25) is 14.9 Å². The highest BCUT2D eigenvalue weighted by Gasteiger charge is 2.19. The van der Waals surface area contributed by atoms with Crippen molar-refractivity contribution >= 4 is 45.1 Å². The van der Waals surface area contributed by atoms with E-state index in [1.807, 2.05) is 0 Å². The van der Waals surface area contributed by atoms with Crippen LogP contribution >= 0.6 is 11.3 Å².